The summed E-state index contributed by atoms with van der Waals surface area (Å²) in [5.41, 5.74) is 0.110. The zero-order valence-corrected chi connectivity index (χ0v) is 10.5. The monoisotopic (exact) mass is 270 g/mol. The lowest BCUT2D eigenvalue weighted by Gasteiger charge is -2.06. The Morgan fingerprint density at radius 2 is 1.89 bits per heavy atom. The van der Waals surface area contributed by atoms with Gasteiger partial charge in [0.25, 0.3) is 0 Å². The standard InChI is InChI=1S/C13H13F3N2O/c1-3-17-7(2)13-18-6-11(19-13)8-4-9(14)12(16)10(15)5-8/h4-7,17H,3H2,1-2H3. The van der Waals surface area contributed by atoms with Crippen molar-refractivity contribution in [3.05, 3.63) is 41.7 Å². The predicted molar refractivity (Wildman–Crippen MR) is 63.9 cm³/mol. The Hall–Kier alpha value is -1.82. The molecule has 0 spiro atoms. The van der Waals surface area contributed by atoms with Crippen molar-refractivity contribution < 1.29 is 17.6 Å². The number of oxazole rings is 1. The lowest BCUT2D eigenvalue weighted by Crippen LogP contribution is -2.17. The molecule has 1 aromatic carbocycles. The van der Waals surface area contributed by atoms with Crippen LogP contribution in [0.4, 0.5) is 13.2 Å². The molecule has 2 rings (SSSR count). The third-order valence-electron chi connectivity index (χ3n) is 2.67. The Morgan fingerprint density at radius 1 is 1.26 bits per heavy atom. The number of nitrogens with zero attached hydrogens (tertiary/aromatic N) is 1. The zero-order valence-electron chi connectivity index (χ0n) is 10.5. The van der Waals surface area contributed by atoms with E-state index < -0.39 is 17.5 Å². The number of rotatable bonds is 4. The van der Waals surface area contributed by atoms with Crippen LogP contribution in [0.3, 0.4) is 0 Å². The molecule has 1 atom stereocenters. The predicted octanol–water partition coefficient (Wildman–Crippen LogP) is 3.43. The summed E-state index contributed by atoms with van der Waals surface area (Å²) in [5, 5.41) is 3.09. The minimum absolute atomic E-state index is 0.110. The molecule has 0 aliphatic carbocycles. The van der Waals surface area contributed by atoms with E-state index >= 15 is 0 Å². The molecule has 0 amide bonds. The highest BCUT2D eigenvalue weighted by atomic mass is 19.2. The quantitative estimate of drug-likeness (QED) is 0.865. The average molecular weight is 270 g/mol. The molecule has 0 saturated heterocycles. The van der Waals surface area contributed by atoms with Crippen LogP contribution in [0.15, 0.2) is 22.7 Å². The second kappa shape index (κ2) is 5.44. The summed E-state index contributed by atoms with van der Waals surface area (Å²) >= 11 is 0. The number of hydrogen-bond donors (Lipinski definition) is 1. The molecule has 0 aliphatic heterocycles. The van der Waals surface area contributed by atoms with Gasteiger partial charge in [-0.2, -0.15) is 0 Å². The van der Waals surface area contributed by atoms with E-state index in [1.165, 1.54) is 6.20 Å². The van der Waals surface area contributed by atoms with E-state index in [0.717, 1.165) is 18.7 Å². The van der Waals surface area contributed by atoms with Crippen molar-refractivity contribution >= 4 is 0 Å². The Labute approximate surface area is 108 Å². The SMILES string of the molecule is CCNC(C)c1ncc(-c2cc(F)c(F)c(F)c2)o1. The van der Waals surface area contributed by atoms with Gasteiger partial charge in [-0.1, -0.05) is 6.92 Å². The molecule has 0 aliphatic rings. The van der Waals surface area contributed by atoms with Gasteiger partial charge in [-0.05, 0) is 25.6 Å². The Balaban J connectivity index is 2.33. The van der Waals surface area contributed by atoms with Crippen LogP contribution in [0.1, 0.15) is 25.8 Å². The maximum absolute atomic E-state index is 13.1. The fourth-order valence-corrected chi connectivity index (χ4v) is 1.71. The number of halogens is 3. The van der Waals surface area contributed by atoms with Gasteiger partial charge in [0, 0.05) is 5.56 Å². The normalized spacial score (nSPS) is 12.7. The first kappa shape index (κ1) is 13.6. The van der Waals surface area contributed by atoms with E-state index in [-0.39, 0.29) is 17.4 Å². The maximum atomic E-state index is 13.1. The van der Waals surface area contributed by atoms with Crippen LogP contribution in [-0.2, 0) is 0 Å². The number of aromatic nitrogens is 1. The van der Waals surface area contributed by atoms with E-state index in [0.29, 0.717) is 5.89 Å². The topological polar surface area (TPSA) is 38.1 Å². The van der Waals surface area contributed by atoms with Gasteiger partial charge in [-0.25, -0.2) is 18.2 Å². The molecule has 6 heteroatoms. The van der Waals surface area contributed by atoms with Crippen molar-refractivity contribution in [2.24, 2.45) is 0 Å². The fourth-order valence-electron chi connectivity index (χ4n) is 1.71. The lowest BCUT2D eigenvalue weighted by atomic mass is 10.1. The van der Waals surface area contributed by atoms with Crippen LogP contribution < -0.4 is 5.32 Å². The molecule has 3 nitrogen and oxygen atoms in total. The van der Waals surface area contributed by atoms with Crippen molar-refractivity contribution in [3.8, 4) is 11.3 Å². The third kappa shape index (κ3) is 2.78. The van der Waals surface area contributed by atoms with Gasteiger partial charge >= 0.3 is 0 Å². The van der Waals surface area contributed by atoms with Crippen molar-refractivity contribution in [3.63, 3.8) is 0 Å². The summed E-state index contributed by atoms with van der Waals surface area (Å²) in [5.74, 6) is -3.41. The first-order valence-electron chi connectivity index (χ1n) is 5.87. The molecular formula is C13H13F3N2O. The number of hydrogen-bond acceptors (Lipinski definition) is 3. The van der Waals surface area contributed by atoms with E-state index in [9.17, 15) is 13.2 Å². The molecule has 1 aromatic heterocycles. The summed E-state index contributed by atoms with van der Waals surface area (Å²) in [4.78, 5) is 4.03. The van der Waals surface area contributed by atoms with Crippen LogP contribution in [0.5, 0.6) is 0 Å². The van der Waals surface area contributed by atoms with Crippen LogP contribution in [0.2, 0.25) is 0 Å². The van der Waals surface area contributed by atoms with Gasteiger partial charge in [-0.15, -0.1) is 0 Å². The second-order valence-corrected chi connectivity index (χ2v) is 4.10. The molecule has 1 heterocycles. The second-order valence-electron chi connectivity index (χ2n) is 4.10. The van der Waals surface area contributed by atoms with E-state index in [1.807, 2.05) is 13.8 Å². The van der Waals surface area contributed by atoms with Gasteiger partial charge in [-0.3, -0.25) is 0 Å². The van der Waals surface area contributed by atoms with Crippen LogP contribution in [-0.4, -0.2) is 11.5 Å². The summed E-state index contributed by atoms with van der Waals surface area (Å²) in [6.07, 6.45) is 1.36. The highest BCUT2D eigenvalue weighted by Gasteiger charge is 2.16. The molecule has 0 bridgehead atoms. The number of nitrogens with one attached hydrogen (secondary N) is 1. The molecular weight excluding hydrogens is 257 g/mol. The summed E-state index contributed by atoms with van der Waals surface area (Å²) in [7, 11) is 0. The van der Waals surface area contributed by atoms with Crippen molar-refractivity contribution in [2.75, 3.05) is 6.54 Å². The molecule has 1 unspecified atom stereocenters. The molecule has 19 heavy (non-hydrogen) atoms. The average Bonchev–Trinajstić information content (AvgIpc) is 2.85. The lowest BCUT2D eigenvalue weighted by molar-refractivity contribution is 0.426. The van der Waals surface area contributed by atoms with Crippen molar-refractivity contribution in [1.82, 2.24) is 10.3 Å². The summed E-state index contributed by atoms with van der Waals surface area (Å²) in [6.45, 7) is 4.52. The van der Waals surface area contributed by atoms with Gasteiger partial charge in [0.2, 0.25) is 5.89 Å². The van der Waals surface area contributed by atoms with Gasteiger partial charge in [0.05, 0.1) is 12.2 Å². The Kier molecular flexibility index (Phi) is 3.90. The van der Waals surface area contributed by atoms with E-state index in [1.54, 1.807) is 0 Å². The minimum Gasteiger partial charge on any atom is -0.439 e. The fraction of sp³-hybridized carbons (Fsp3) is 0.308. The van der Waals surface area contributed by atoms with E-state index in [4.69, 9.17) is 4.42 Å². The first-order chi connectivity index (χ1) is 9.02. The van der Waals surface area contributed by atoms with Gasteiger partial charge in [0.1, 0.15) is 0 Å². The summed E-state index contributed by atoms with van der Waals surface area (Å²) in [6, 6.07) is 1.63. The maximum Gasteiger partial charge on any atom is 0.211 e. The largest absolute Gasteiger partial charge is 0.439 e. The molecule has 0 saturated carbocycles. The first-order valence-corrected chi connectivity index (χ1v) is 5.87. The molecule has 102 valence electrons. The van der Waals surface area contributed by atoms with Gasteiger partial charge in [0.15, 0.2) is 23.2 Å². The third-order valence-corrected chi connectivity index (χ3v) is 2.67. The van der Waals surface area contributed by atoms with Crippen LogP contribution in [0, 0.1) is 17.5 Å². The van der Waals surface area contributed by atoms with Crippen LogP contribution >= 0.6 is 0 Å². The minimum atomic E-state index is -1.50. The smallest absolute Gasteiger partial charge is 0.211 e. The molecule has 0 fully saturated rings. The molecule has 1 N–H and O–H groups in total. The van der Waals surface area contributed by atoms with Gasteiger partial charge < -0.3 is 9.73 Å². The summed E-state index contributed by atoms with van der Waals surface area (Å²) < 4.78 is 44.5. The van der Waals surface area contributed by atoms with E-state index in [2.05, 4.69) is 10.3 Å². The number of benzene rings is 1. The Bertz CT molecular complexity index is 560. The van der Waals surface area contributed by atoms with Crippen LogP contribution in [0.25, 0.3) is 11.3 Å². The Morgan fingerprint density at radius 3 is 2.47 bits per heavy atom. The molecule has 0 radical (unpaired) electrons. The highest BCUT2D eigenvalue weighted by molar-refractivity contribution is 5.56. The highest BCUT2D eigenvalue weighted by Crippen LogP contribution is 2.26. The molecule has 2 aromatic rings. The van der Waals surface area contributed by atoms with Crippen molar-refractivity contribution in [1.29, 1.82) is 0 Å². The zero-order chi connectivity index (χ0) is 14.0. The van der Waals surface area contributed by atoms with Crippen molar-refractivity contribution in [2.45, 2.75) is 19.9 Å².